The lowest BCUT2D eigenvalue weighted by Crippen LogP contribution is -2.47. The van der Waals surface area contributed by atoms with E-state index < -0.39 is 11.2 Å². The van der Waals surface area contributed by atoms with Crippen LogP contribution in [0, 0.1) is 0 Å². The Balaban J connectivity index is 1.62. The van der Waals surface area contributed by atoms with Crippen molar-refractivity contribution in [3.63, 3.8) is 0 Å². The first kappa shape index (κ1) is 21.0. The molecule has 4 heterocycles. The summed E-state index contributed by atoms with van der Waals surface area (Å²) < 4.78 is 14.8. The highest BCUT2D eigenvalue weighted by molar-refractivity contribution is 5.77. The smallest absolute Gasteiger partial charge is 0.333 e. The molecule has 0 N–H and O–H groups in total. The summed E-state index contributed by atoms with van der Waals surface area (Å²) in [7, 11) is 0. The van der Waals surface area contributed by atoms with Gasteiger partial charge in [-0.3, -0.25) is 14.2 Å². The largest absolute Gasteiger partial charge is 0.467 e. The molecule has 0 aliphatic carbocycles. The summed E-state index contributed by atoms with van der Waals surface area (Å²) in [5.41, 5.74) is 0.282. The van der Waals surface area contributed by atoms with Crippen molar-refractivity contribution in [2.24, 2.45) is 0 Å². The van der Waals surface area contributed by atoms with Gasteiger partial charge in [0, 0.05) is 13.1 Å². The van der Waals surface area contributed by atoms with E-state index in [0.717, 1.165) is 10.1 Å². The van der Waals surface area contributed by atoms with Crippen LogP contribution >= 0.6 is 0 Å². The molecule has 1 fully saturated rings. The fraction of sp³-hybridized carbons (Fsp3) is 0.304. The van der Waals surface area contributed by atoms with Gasteiger partial charge in [-0.25, -0.2) is 14.3 Å². The predicted molar refractivity (Wildman–Crippen MR) is 119 cm³/mol. The molecule has 0 atom stereocenters. The molecule has 0 radical (unpaired) electrons. The number of benzene rings is 1. The van der Waals surface area contributed by atoms with Crippen LogP contribution in [0.5, 0.6) is 0 Å². The molecule has 1 aliphatic heterocycles. The van der Waals surface area contributed by atoms with E-state index in [2.05, 4.69) is 4.98 Å². The molecular formula is C23H23N5O5. The van der Waals surface area contributed by atoms with E-state index in [0.29, 0.717) is 32.1 Å². The van der Waals surface area contributed by atoms with Gasteiger partial charge in [-0.15, -0.1) is 0 Å². The minimum Gasteiger partial charge on any atom is -0.467 e. The highest BCUT2D eigenvalue weighted by Gasteiger charge is 2.23. The van der Waals surface area contributed by atoms with Crippen molar-refractivity contribution >= 4 is 17.1 Å². The molecule has 1 amide bonds. The lowest BCUT2D eigenvalue weighted by atomic mass is 10.2. The zero-order valence-corrected chi connectivity index (χ0v) is 17.9. The van der Waals surface area contributed by atoms with Crippen LogP contribution in [0.4, 0.5) is 0 Å². The summed E-state index contributed by atoms with van der Waals surface area (Å²) in [4.78, 5) is 45.7. The Bertz CT molecular complexity index is 1380. The Morgan fingerprint density at radius 3 is 2.48 bits per heavy atom. The molecule has 0 saturated carbocycles. The Morgan fingerprint density at radius 1 is 0.970 bits per heavy atom. The van der Waals surface area contributed by atoms with Crippen LogP contribution in [0.2, 0.25) is 0 Å². The fourth-order valence-electron chi connectivity index (χ4n) is 4.03. The average Bonchev–Trinajstić information content (AvgIpc) is 3.51. The maximum atomic E-state index is 13.4. The second kappa shape index (κ2) is 8.91. The van der Waals surface area contributed by atoms with Crippen molar-refractivity contribution in [3.8, 4) is 0 Å². The van der Waals surface area contributed by atoms with E-state index in [1.165, 1.54) is 10.9 Å². The van der Waals surface area contributed by atoms with Gasteiger partial charge in [-0.2, -0.15) is 0 Å². The first-order valence-electron chi connectivity index (χ1n) is 10.7. The van der Waals surface area contributed by atoms with E-state index in [-0.39, 0.29) is 36.7 Å². The van der Waals surface area contributed by atoms with Gasteiger partial charge in [0.25, 0.3) is 5.56 Å². The molecule has 33 heavy (non-hydrogen) atoms. The third-order valence-corrected chi connectivity index (χ3v) is 5.73. The number of furan rings is 1. The van der Waals surface area contributed by atoms with Gasteiger partial charge in [0.05, 0.1) is 38.9 Å². The van der Waals surface area contributed by atoms with Gasteiger partial charge < -0.3 is 18.6 Å². The van der Waals surface area contributed by atoms with E-state index in [1.54, 1.807) is 27.9 Å². The summed E-state index contributed by atoms with van der Waals surface area (Å²) in [5.74, 6) is 0.352. The number of morpholine rings is 1. The van der Waals surface area contributed by atoms with Crippen LogP contribution in [-0.2, 0) is 29.2 Å². The molecule has 170 valence electrons. The Morgan fingerprint density at radius 2 is 1.76 bits per heavy atom. The molecule has 0 bridgehead atoms. The van der Waals surface area contributed by atoms with Crippen molar-refractivity contribution in [2.45, 2.75) is 19.6 Å². The lowest BCUT2D eigenvalue weighted by molar-refractivity contribution is -0.136. The molecule has 1 aromatic carbocycles. The number of amides is 1. The maximum Gasteiger partial charge on any atom is 0.333 e. The number of ether oxygens (including phenoxy) is 1. The molecule has 5 rings (SSSR count). The third-order valence-electron chi connectivity index (χ3n) is 5.73. The van der Waals surface area contributed by atoms with Gasteiger partial charge in [-0.1, -0.05) is 30.3 Å². The number of carbonyl (C=O) groups is 1. The summed E-state index contributed by atoms with van der Waals surface area (Å²) in [6.07, 6.45) is 3.07. The van der Waals surface area contributed by atoms with E-state index in [9.17, 15) is 14.4 Å². The van der Waals surface area contributed by atoms with Crippen LogP contribution in [0.1, 0.15) is 11.3 Å². The molecule has 10 nitrogen and oxygen atoms in total. The van der Waals surface area contributed by atoms with Crippen molar-refractivity contribution < 1.29 is 13.9 Å². The van der Waals surface area contributed by atoms with Gasteiger partial charge in [0.15, 0.2) is 11.2 Å². The quantitative estimate of drug-likeness (QED) is 0.433. The zero-order chi connectivity index (χ0) is 22.8. The lowest BCUT2D eigenvalue weighted by Gasteiger charge is -2.27. The minimum atomic E-state index is -0.568. The second-order valence-electron chi connectivity index (χ2n) is 7.86. The molecular weight excluding hydrogens is 426 g/mol. The molecule has 1 aliphatic rings. The topological polar surface area (TPSA) is 104 Å². The molecule has 10 heteroatoms. The highest BCUT2D eigenvalue weighted by atomic mass is 16.5. The first-order valence-corrected chi connectivity index (χ1v) is 10.7. The van der Waals surface area contributed by atoms with Crippen LogP contribution < -0.4 is 11.2 Å². The summed E-state index contributed by atoms with van der Waals surface area (Å²) in [6.45, 7) is 1.91. The molecule has 4 aromatic rings. The monoisotopic (exact) mass is 449 g/mol. The number of hydrogen-bond donors (Lipinski definition) is 0. The van der Waals surface area contributed by atoms with Crippen LogP contribution in [0.25, 0.3) is 11.2 Å². The fourth-order valence-corrected chi connectivity index (χ4v) is 4.03. The molecule has 3 aromatic heterocycles. The Hall–Kier alpha value is -3.92. The summed E-state index contributed by atoms with van der Waals surface area (Å²) in [5, 5.41) is 0. The van der Waals surface area contributed by atoms with Gasteiger partial charge in [0.1, 0.15) is 12.3 Å². The number of fused-ring (bicyclic) bond motifs is 1. The van der Waals surface area contributed by atoms with E-state index in [1.807, 2.05) is 30.3 Å². The van der Waals surface area contributed by atoms with Gasteiger partial charge in [0.2, 0.25) is 5.91 Å². The standard InChI is InChI=1S/C23H23N5O5/c29-19(25-8-11-32-12-9-25)15-28-22(30)20-21(24-16-26(20)14-18-7-4-10-33-18)27(23(28)31)13-17-5-2-1-3-6-17/h1-7,10,16H,8-9,11-15H2. The number of rotatable bonds is 6. The van der Waals surface area contributed by atoms with Gasteiger partial charge in [-0.05, 0) is 17.7 Å². The second-order valence-corrected chi connectivity index (χ2v) is 7.86. The van der Waals surface area contributed by atoms with E-state index >= 15 is 0 Å². The van der Waals surface area contributed by atoms with Gasteiger partial charge >= 0.3 is 5.69 Å². The van der Waals surface area contributed by atoms with Crippen molar-refractivity contribution in [1.29, 1.82) is 0 Å². The van der Waals surface area contributed by atoms with Crippen LogP contribution in [0.3, 0.4) is 0 Å². The van der Waals surface area contributed by atoms with Crippen LogP contribution in [-0.4, -0.2) is 55.8 Å². The highest BCUT2D eigenvalue weighted by Crippen LogP contribution is 2.13. The normalized spacial score (nSPS) is 14.1. The van der Waals surface area contributed by atoms with Crippen molar-refractivity contribution in [3.05, 3.63) is 87.2 Å². The molecule has 0 spiro atoms. The minimum absolute atomic E-state index is 0.222. The molecule has 0 unspecified atom stereocenters. The first-order chi connectivity index (χ1) is 16.1. The summed E-state index contributed by atoms with van der Waals surface area (Å²) in [6, 6.07) is 13.0. The Labute approximate surface area is 188 Å². The maximum absolute atomic E-state index is 13.4. The Kier molecular flexibility index (Phi) is 5.66. The van der Waals surface area contributed by atoms with E-state index in [4.69, 9.17) is 9.15 Å². The number of carbonyl (C=O) groups excluding carboxylic acids is 1. The van der Waals surface area contributed by atoms with Crippen LogP contribution in [0.15, 0.2) is 69.1 Å². The number of imidazole rings is 1. The van der Waals surface area contributed by atoms with Crippen molar-refractivity contribution in [2.75, 3.05) is 26.3 Å². The van der Waals surface area contributed by atoms with Crippen molar-refractivity contribution in [1.82, 2.24) is 23.6 Å². The number of nitrogens with zero attached hydrogens (tertiary/aromatic N) is 5. The number of hydrogen-bond acceptors (Lipinski definition) is 6. The predicted octanol–water partition coefficient (Wildman–Crippen LogP) is 0.908. The molecule has 1 saturated heterocycles. The number of aromatic nitrogens is 4. The third kappa shape index (κ3) is 4.12. The zero-order valence-electron chi connectivity index (χ0n) is 17.9. The average molecular weight is 449 g/mol. The summed E-state index contributed by atoms with van der Waals surface area (Å²) >= 11 is 0. The SMILES string of the molecule is O=C(Cn1c(=O)c2c(ncn2Cc2ccco2)n(Cc2ccccc2)c1=O)N1CCOCC1.